The molecular formula is C23H28ClN3O2. The molecule has 0 aromatic heterocycles. The quantitative estimate of drug-likeness (QED) is 0.789. The Balaban J connectivity index is 1.76. The number of amides is 2. The maximum atomic E-state index is 13.3. The minimum absolute atomic E-state index is 0.0649. The van der Waals surface area contributed by atoms with E-state index in [0.717, 1.165) is 42.9 Å². The lowest BCUT2D eigenvalue weighted by Crippen LogP contribution is -2.47. The molecule has 0 atom stereocenters. The van der Waals surface area contributed by atoms with Crippen LogP contribution in [-0.2, 0) is 11.3 Å². The number of hydrogen-bond acceptors (Lipinski definition) is 3. The summed E-state index contributed by atoms with van der Waals surface area (Å²) in [5.41, 5.74) is 3.70. The topological polar surface area (TPSA) is 52.7 Å². The number of aryl methyl sites for hydroxylation is 2. The van der Waals surface area contributed by atoms with Crippen LogP contribution in [0.4, 0.5) is 0 Å². The van der Waals surface area contributed by atoms with Gasteiger partial charge in [-0.1, -0.05) is 40.9 Å². The van der Waals surface area contributed by atoms with Gasteiger partial charge >= 0.3 is 0 Å². The van der Waals surface area contributed by atoms with E-state index >= 15 is 0 Å². The van der Waals surface area contributed by atoms with E-state index < -0.39 is 0 Å². The van der Waals surface area contributed by atoms with Crippen LogP contribution in [0.5, 0.6) is 0 Å². The van der Waals surface area contributed by atoms with Crippen molar-refractivity contribution in [3.05, 3.63) is 69.7 Å². The Hall–Kier alpha value is -2.37. The van der Waals surface area contributed by atoms with Gasteiger partial charge < -0.3 is 15.1 Å². The summed E-state index contributed by atoms with van der Waals surface area (Å²) in [6, 6.07) is 13.4. The summed E-state index contributed by atoms with van der Waals surface area (Å²) in [5.74, 6) is 0.0284. The Morgan fingerprint density at radius 1 is 1.07 bits per heavy atom. The SMILES string of the molecule is Cc1cc(C)cc(C(=O)N(CCC(=O)N2CCNCC2)Cc2cccc(Cl)c2)c1. The summed E-state index contributed by atoms with van der Waals surface area (Å²) < 4.78 is 0. The molecule has 1 N–H and O–H groups in total. The number of benzene rings is 2. The summed E-state index contributed by atoms with van der Waals surface area (Å²) in [7, 11) is 0. The van der Waals surface area contributed by atoms with Gasteiger partial charge in [0.2, 0.25) is 5.91 Å². The first-order chi connectivity index (χ1) is 13.9. The monoisotopic (exact) mass is 413 g/mol. The molecule has 1 saturated heterocycles. The van der Waals surface area contributed by atoms with Crippen molar-refractivity contribution < 1.29 is 9.59 Å². The molecule has 1 fully saturated rings. The number of nitrogens with zero attached hydrogens (tertiary/aromatic N) is 2. The molecule has 2 amide bonds. The van der Waals surface area contributed by atoms with E-state index in [1.165, 1.54) is 0 Å². The summed E-state index contributed by atoms with van der Waals surface area (Å²) >= 11 is 6.13. The van der Waals surface area contributed by atoms with Crippen LogP contribution in [0.15, 0.2) is 42.5 Å². The van der Waals surface area contributed by atoms with E-state index in [1.807, 2.05) is 61.2 Å². The van der Waals surface area contributed by atoms with Gasteiger partial charge in [0, 0.05) is 56.3 Å². The van der Waals surface area contributed by atoms with Crippen molar-refractivity contribution in [3.8, 4) is 0 Å². The summed E-state index contributed by atoms with van der Waals surface area (Å²) in [6.45, 7) is 7.84. The lowest BCUT2D eigenvalue weighted by atomic mass is 10.1. The maximum Gasteiger partial charge on any atom is 0.254 e. The third-order valence-corrected chi connectivity index (χ3v) is 5.32. The van der Waals surface area contributed by atoms with Gasteiger partial charge in [-0.3, -0.25) is 9.59 Å². The molecule has 1 aliphatic heterocycles. The highest BCUT2D eigenvalue weighted by Crippen LogP contribution is 2.17. The lowest BCUT2D eigenvalue weighted by Gasteiger charge is -2.29. The normalized spacial score (nSPS) is 14.0. The molecule has 1 aliphatic rings. The van der Waals surface area contributed by atoms with Gasteiger partial charge in [0.05, 0.1) is 0 Å². The third kappa shape index (κ3) is 6.05. The first-order valence-corrected chi connectivity index (χ1v) is 10.4. The van der Waals surface area contributed by atoms with Crippen LogP contribution in [0.2, 0.25) is 5.02 Å². The Kier molecular flexibility index (Phi) is 7.29. The van der Waals surface area contributed by atoms with Crippen molar-refractivity contribution in [2.24, 2.45) is 0 Å². The fourth-order valence-electron chi connectivity index (χ4n) is 3.69. The van der Waals surface area contributed by atoms with E-state index in [0.29, 0.717) is 30.1 Å². The molecule has 0 saturated carbocycles. The molecule has 6 heteroatoms. The number of carbonyl (C=O) groups is 2. The van der Waals surface area contributed by atoms with Gasteiger partial charge in [-0.05, 0) is 43.7 Å². The van der Waals surface area contributed by atoms with E-state index in [2.05, 4.69) is 5.32 Å². The number of nitrogens with one attached hydrogen (secondary N) is 1. The predicted octanol–water partition coefficient (Wildman–Crippen LogP) is 3.42. The first-order valence-electron chi connectivity index (χ1n) is 10.0. The predicted molar refractivity (Wildman–Crippen MR) is 116 cm³/mol. The zero-order chi connectivity index (χ0) is 20.8. The first kappa shape index (κ1) is 21.3. The Bertz CT molecular complexity index is 858. The zero-order valence-corrected chi connectivity index (χ0v) is 17.8. The van der Waals surface area contributed by atoms with E-state index in [-0.39, 0.29) is 11.8 Å². The van der Waals surface area contributed by atoms with Gasteiger partial charge in [0.15, 0.2) is 0 Å². The molecule has 1 heterocycles. The van der Waals surface area contributed by atoms with Crippen molar-refractivity contribution in [3.63, 3.8) is 0 Å². The highest BCUT2D eigenvalue weighted by Gasteiger charge is 2.21. The van der Waals surface area contributed by atoms with Crippen molar-refractivity contribution in [1.82, 2.24) is 15.1 Å². The molecule has 0 spiro atoms. The molecule has 2 aromatic rings. The fraction of sp³-hybridized carbons (Fsp3) is 0.391. The van der Waals surface area contributed by atoms with Crippen molar-refractivity contribution in [1.29, 1.82) is 0 Å². The molecule has 2 aromatic carbocycles. The Morgan fingerprint density at radius 2 is 1.76 bits per heavy atom. The number of carbonyl (C=O) groups excluding carboxylic acids is 2. The highest BCUT2D eigenvalue weighted by molar-refractivity contribution is 6.30. The molecule has 29 heavy (non-hydrogen) atoms. The summed E-state index contributed by atoms with van der Waals surface area (Å²) in [6.07, 6.45) is 0.317. The standard InChI is InChI=1S/C23H28ClN3O2/c1-17-12-18(2)14-20(13-17)23(29)27(16-19-4-3-5-21(24)15-19)9-6-22(28)26-10-7-25-8-11-26/h3-5,12-15,25H,6-11,16H2,1-2H3. The Labute approximate surface area is 177 Å². The zero-order valence-electron chi connectivity index (χ0n) is 17.1. The van der Waals surface area contributed by atoms with Crippen LogP contribution in [-0.4, -0.2) is 54.3 Å². The van der Waals surface area contributed by atoms with Gasteiger partial charge in [-0.25, -0.2) is 0 Å². The number of piperazine rings is 1. The second-order valence-corrected chi connectivity index (χ2v) is 8.05. The number of halogens is 1. The summed E-state index contributed by atoms with van der Waals surface area (Å²) in [4.78, 5) is 29.5. The van der Waals surface area contributed by atoms with Crippen molar-refractivity contribution in [2.75, 3.05) is 32.7 Å². The van der Waals surface area contributed by atoms with Gasteiger partial charge in [-0.15, -0.1) is 0 Å². The lowest BCUT2D eigenvalue weighted by molar-refractivity contribution is -0.132. The second-order valence-electron chi connectivity index (χ2n) is 7.61. The van der Waals surface area contributed by atoms with Crippen molar-refractivity contribution in [2.45, 2.75) is 26.8 Å². The fourth-order valence-corrected chi connectivity index (χ4v) is 3.90. The molecule has 0 unspecified atom stereocenters. The molecule has 3 rings (SSSR count). The van der Waals surface area contributed by atoms with Crippen LogP contribution in [0, 0.1) is 13.8 Å². The van der Waals surface area contributed by atoms with Gasteiger partial charge in [-0.2, -0.15) is 0 Å². The van der Waals surface area contributed by atoms with Crippen LogP contribution in [0.3, 0.4) is 0 Å². The molecule has 5 nitrogen and oxygen atoms in total. The molecule has 0 bridgehead atoms. The van der Waals surface area contributed by atoms with Crippen LogP contribution in [0.1, 0.15) is 33.5 Å². The van der Waals surface area contributed by atoms with Crippen LogP contribution >= 0.6 is 11.6 Å². The number of rotatable bonds is 6. The average Bonchev–Trinajstić information content (AvgIpc) is 2.70. The minimum atomic E-state index is -0.0649. The number of hydrogen-bond donors (Lipinski definition) is 1. The molecule has 0 radical (unpaired) electrons. The Morgan fingerprint density at radius 3 is 2.41 bits per heavy atom. The molecule has 154 valence electrons. The highest BCUT2D eigenvalue weighted by atomic mass is 35.5. The smallest absolute Gasteiger partial charge is 0.254 e. The largest absolute Gasteiger partial charge is 0.340 e. The van der Waals surface area contributed by atoms with Crippen molar-refractivity contribution >= 4 is 23.4 Å². The van der Waals surface area contributed by atoms with E-state index in [9.17, 15) is 9.59 Å². The molecular weight excluding hydrogens is 386 g/mol. The van der Waals surface area contributed by atoms with Gasteiger partial charge in [0.25, 0.3) is 5.91 Å². The third-order valence-electron chi connectivity index (χ3n) is 5.08. The van der Waals surface area contributed by atoms with E-state index in [4.69, 9.17) is 11.6 Å². The van der Waals surface area contributed by atoms with Crippen LogP contribution < -0.4 is 5.32 Å². The van der Waals surface area contributed by atoms with E-state index in [1.54, 1.807) is 4.90 Å². The van der Waals surface area contributed by atoms with Gasteiger partial charge in [0.1, 0.15) is 0 Å². The maximum absolute atomic E-state index is 13.3. The molecule has 0 aliphatic carbocycles. The summed E-state index contributed by atoms with van der Waals surface area (Å²) in [5, 5.41) is 3.89. The average molecular weight is 414 g/mol. The van der Waals surface area contributed by atoms with Crippen LogP contribution in [0.25, 0.3) is 0 Å². The second kappa shape index (κ2) is 9.90. The minimum Gasteiger partial charge on any atom is -0.340 e.